The third-order valence-electron chi connectivity index (χ3n) is 3.28. The molecule has 0 saturated heterocycles. The zero-order chi connectivity index (χ0) is 15.7. The maximum atomic E-state index is 12.0. The Bertz CT molecular complexity index is 793. The quantitative estimate of drug-likeness (QED) is 0.639. The molecule has 0 bridgehead atoms. The van der Waals surface area contributed by atoms with Crippen molar-refractivity contribution >= 4 is 86.3 Å². The van der Waals surface area contributed by atoms with Crippen molar-refractivity contribution in [3.05, 3.63) is 64.7 Å². The minimum atomic E-state index is -1.50. The van der Waals surface area contributed by atoms with E-state index in [-0.39, 0.29) is 51.4 Å². The molecule has 0 saturated carbocycles. The topological polar surface area (TPSA) is 78.8 Å². The van der Waals surface area contributed by atoms with Crippen molar-refractivity contribution in [2.75, 3.05) is 5.32 Å². The summed E-state index contributed by atoms with van der Waals surface area (Å²) in [5.41, 5.74) is 2.22. The maximum absolute atomic E-state index is 12.0. The molecule has 2 aromatic carbocycles. The third-order valence-corrected chi connectivity index (χ3v) is 3.52. The van der Waals surface area contributed by atoms with Crippen LogP contribution in [0.2, 0.25) is 5.02 Å². The van der Waals surface area contributed by atoms with Crippen molar-refractivity contribution in [3.63, 3.8) is 0 Å². The van der Waals surface area contributed by atoms with Crippen molar-refractivity contribution < 1.29 is 14.7 Å². The van der Waals surface area contributed by atoms with Gasteiger partial charge in [-0.15, -0.1) is 0 Å². The fourth-order valence-corrected chi connectivity index (χ4v) is 2.45. The van der Waals surface area contributed by atoms with E-state index in [2.05, 4.69) is 10.3 Å². The number of benzodiazepines with no additional fused rings is 1. The minimum absolute atomic E-state index is 0. The number of carboxylic acid groups (broad SMARTS) is 1. The second-order valence-corrected chi connectivity index (χ2v) is 5.20. The van der Waals surface area contributed by atoms with Gasteiger partial charge in [0.15, 0.2) is 0 Å². The Kier molecular flexibility index (Phi) is 6.13. The molecule has 1 amide bonds. The van der Waals surface area contributed by atoms with Crippen LogP contribution < -0.4 is 5.32 Å². The number of carbonyl (C=O) groups excluding carboxylic acids is 1. The number of aliphatic imine (C=N–C) groups is 1. The van der Waals surface area contributed by atoms with E-state index in [1.54, 1.807) is 30.3 Å². The van der Waals surface area contributed by atoms with Crippen LogP contribution in [0.5, 0.6) is 0 Å². The summed E-state index contributed by atoms with van der Waals surface area (Å²) in [6.45, 7) is 0. The predicted octanol–water partition coefficient (Wildman–Crippen LogP) is 1.93. The Morgan fingerprint density at radius 1 is 1.17 bits per heavy atom. The summed E-state index contributed by atoms with van der Waals surface area (Å²) in [7, 11) is 0. The molecular formula is C16H12ClKN2O3. The van der Waals surface area contributed by atoms with Crippen LogP contribution in [0.1, 0.15) is 11.1 Å². The number of nitrogens with zero attached hydrogens (tertiary/aromatic N) is 1. The molecule has 112 valence electrons. The number of benzene rings is 2. The Labute approximate surface area is 180 Å². The third kappa shape index (κ3) is 3.91. The average Bonchev–Trinajstić information content (AvgIpc) is 2.64. The molecule has 0 aromatic heterocycles. The van der Waals surface area contributed by atoms with Gasteiger partial charge in [0.2, 0.25) is 6.04 Å². The van der Waals surface area contributed by atoms with Crippen LogP contribution >= 0.6 is 11.6 Å². The molecule has 2 aromatic rings. The predicted molar refractivity (Wildman–Crippen MR) is 90.7 cm³/mol. The average molecular weight is 355 g/mol. The van der Waals surface area contributed by atoms with Gasteiger partial charge in [-0.05, 0) is 18.2 Å². The summed E-state index contributed by atoms with van der Waals surface area (Å²) in [6.07, 6.45) is 0. The number of hydrogen-bond acceptors (Lipinski definition) is 3. The van der Waals surface area contributed by atoms with Gasteiger partial charge in [0, 0.05) is 16.1 Å². The van der Waals surface area contributed by atoms with Crippen LogP contribution in [0.3, 0.4) is 0 Å². The molecule has 1 aliphatic rings. The number of hydrogen-bond donors (Lipinski definition) is 2. The van der Waals surface area contributed by atoms with E-state index in [9.17, 15) is 14.7 Å². The number of carbonyl (C=O) groups is 2. The number of amides is 1. The van der Waals surface area contributed by atoms with E-state index in [1.807, 2.05) is 18.2 Å². The zero-order valence-electron chi connectivity index (χ0n) is 11.3. The molecule has 5 nitrogen and oxygen atoms in total. The van der Waals surface area contributed by atoms with Crippen molar-refractivity contribution in [2.45, 2.75) is 6.04 Å². The van der Waals surface area contributed by atoms with Crippen molar-refractivity contribution in [1.82, 2.24) is 0 Å². The SMILES string of the molecule is O=C(O)[C@@H]1N=C(c2ccccc2)c2cc(Cl)ccc2NC1=O.[KH]. The first-order valence-corrected chi connectivity index (χ1v) is 6.91. The van der Waals surface area contributed by atoms with Gasteiger partial charge in [-0.2, -0.15) is 0 Å². The molecule has 3 rings (SSSR count). The molecule has 0 fully saturated rings. The molecule has 23 heavy (non-hydrogen) atoms. The van der Waals surface area contributed by atoms with Gasteiger partial charge in [0.1, 0.15) is 0 Å². The number of halogens is 1. The van der Waals surface area contributed by atoms with Crippen LogP contribution in [-0.4, -0.2) is 80.1 Å². The molecular weight excluding hydrogens is 343 g/mol. The standard InChI is InChI=1S/C16H11ClN2O3.K.H/c17-10-6-7-12-11(8-10)13(9-4-2-1-3-5-9)19-14(16(21)22)15(20)18-12;;/h1-8,14H,(H,18,20)(H,21,22);;/t14-;;/m1../s1. The molecule has 0 spiro atoms. The van der Waals surface area contributed by atoms with Crippen LogP contribution in [0.4, 0.5) is 5.69 Å². The molecule has 0 radical (unpaired) electrons. The van der Waals surface area contributed by atoms with Crippen molar-refractivity contribution in [2.24, 2.45) is 4.99 Å². The van der Waals surface area contributed by atoms with E-state index in [0.29, 0.717) is 27.5 Å². The molecule has 1 heterocycles. The first-order chi connectivity index (χ1) is 10.6. The summed E-state index contributed by atoms with van der Waals surface area (Å²) < 4.78 is 0. The summed E-state index contributed by atoms with van der Waals surface area (Å²) in [5.74, 6) is -1.98. The van der Waals surface area contributed by atoms with E-state index < -0.39 is 17.9 Å². The van der Waals surface area contributed by atoms with Gasteiger partial charge in [-0.1, -0.05) is 41.9 Å². The van der Waals surface area contributed by atoms with Crippen molar-refractivity contribution in [3.8, 4) is 0 Å². The van der Waals surface area contributed by atoms with E-state index in [1.165, 1.54) is 0 Å². The van der Waals surface area contributed by atoms with Crippen LogP contribution in [0.15, 0.2) is 53.5 Å². The molecule has 2 N–H and O–H groups in total. The number of aliphatic carboxylic acids is 1. The van der Waals surface area contributed by atoms with Crippen molar-refractivity contribution in [1.29, 1.82) is 0 Å². The number of fused-ring (bicyclic) bond motifs is 1. The second-order valence-electron chi connectivity index (χ2n) is 4.76. The van der Waals surface area contributed by atoms with Gasteiger partial charge in [-0.25, -0.2) is 4.79 Å². The normalized spacial score (nSPS) is 16.3. The fourth-order valence-electron chi connectivity index (χ4n) is 2.27. The Balaban J connectivity index is 0.00000192. The van der Waals surface area contributed by atoms with Gasteiger partial charge >= 0.3 is 57.4 Å². The van der Waals surface area contributed by atoms with Gasteiger partial charge in [-0.3, -0.25) is 9.79 Å². The van der Waals surface area contributed by atoms with Gasteiger partial charge < -0.3 is 10.4 Å². The Morgan fingerprint density at radius 2 is 1.87 bits per heavy atom. The summed E-state index contributed by atoms with van der Waals surface area (Å²) in [4.78, 5) is 27.5. The van der Waals surface area contributed by atoms with E-state index >= 15 is 0 Å². The summed E-state index contributed by atoms with van der Waals surface area (Å²) in [5, 5.41) is 12.3. The van der Waals surface area contributed by atoms with E-state index in [0.717, 1.165) is 0 Å². The molecule has 1 atom stereocenters. The summed E-state index contributed by atoms with van der Waals surface area (Å²) in [6, 6.07) is 12.5. The number of nitrogens with one attached hydrogen (secondary N) is 1. The van der Waals surface area contributed by atoms with Gasteiger partial charge in [0.25, 0.3) is 5.91 Å². The van der Waals surface area contributed by atoms with E-state index in [4.69, 9.17) is 11.6 Å². The molecule has 1 aliphatic heterocycles. The monoisotopic (exact) mass is 354 g/mol. The number of anilines is 1. The Hall–Kier alpha value is -1.02. The molecule has 0 unspecified atom stereocenters. The Morgan fingerprint density at radius 3 is 2.52 bits per heavy atom. The van der Waals surface area contributed by atoms with Crippen LogP contribution in [0, 0.1) is 0 Å². The molecule has 7 heteroatoms. The number of carboxylic acids is 1. The summed E-state index contributed by atoms with van der Waals surface area (Å²) >= 11 is 6.03. The zero-order valence-corrected chi connectivity index (χ0v) is 12.0. The first-order valence-electron chi connectivity index (χ1n) is 6.53. The van der Waals surface area contributed by atoms with Crippen LogP contribution in [0.25, 0.3) is 0 Å². The van der Waals surface area contributed by atoms with Gasteiger partial charge in [0.05, 0.1) is 11.4 Å². The fraction of sp³-hybridized carbons (Fsp3) is 0.0625. The molecule has 0 aliphatic carbocycles. The second kappa shape index (κ2) is 7.70. The van der Waals surface area contributed by atoms with Crippen LogP contribution in [-0.2, 0) is 9.59 Å². The first kappa shape index (κ1) is 18.3. The number of rotatable bonds is 2.